The summed E-state index contributed by atoms with van der Waals surface area (Å²) in [5, 5.41) is 8.50. The van der Waals surface area contributed by atoms with Crippen LogP contribution >= 0.6 is 15.9 Å². The number of hydrogen-bond donors (Lipinski definition) is 1. The van der Waals surface area contributed by atoms with Crippen molar-refractivity contribution in [2.45, 2.75) is 12.8 Å². The monoisotopic (exact) mass is 276 g/mol. The number of benzene rings is 1. The molecule has 1 rings (SSSR count). The van der Waals surface area contributed by atoms with Crippen molar-refractivity contribution in [1.29, 1.82) is 0 Å². The van der Waals surface area contributed by atoms with Gasteiger partial charge in [0.2, 0.25) is 6.86 Å². The third-order valence-corrected chi connectivity index (χ3v) is 2.45. The predicted molar refractivity (Wildman–Crippen MR) is 56.7 cm³/mol. The minimum atomic E-state index is -0.882. The zero-order valence-electron chi connectivity index (χ0n) is 7.87. The fraction of sp³-hybridized carbons (Fsp3) is 0.300. The summed E-state index contributed by atoms with van der Waals surface area (Å²) >= 11 is 3.22. The van der Waals surface area contributed by atoms with Crippen molar-refractivity contribution >= 4 is 21.9 Å². The smallest absolute Gasteiger partial charge is 0.303 e. The second kappa shape index (κ2) is 5.70. The highest BCUT2D eigenvalue weighted by molar-refractivity contribution is 9.10. The van der Waals surface area contributed by atoms with Gasteiger partial charge in [-0.2, -0.15) is 0 Å². The molecule has 0 aliphatic heterocycles. The lowest BCUT2D eigenvalue weighted by Crippen LogP contribution is -1.98. The van der Waals surface area contributed by atoms with Crippen LogP contribution in [0.4, 0.5) is 4.39 Å². The van der Waals surface area contributed by atoms with Crippen LogP contribution in [0.1, 0.15) is 12.0 Å². The van der Waals surface area contributed by atoms with Crippen molar-refractivity contribution in [3.63, 3.8) is 0 Å². The molecule has 0 saturated carbocycles. The second-order valence-electron chi connectivity index (χ2n) is 2.91. The molecule has 1 N–H and O–H groups in total. The van der Waals surface area contributed by atoms with Crippen molar-refractivity contribution in [3.05, 3.63) is 28.2 Å². The summed E-state index contributed by atoms with van der Waals surface area (Å²) in [5.74, 6) is -0.424. The van der Waals surface area contributed by atoms with Crippen LogP contribution in [-0.2, 0) is 11.2 Å². The lowest BCUT2D eigenvalue weighted by molar-refractivity contribution is -0.136. The Hall–Kier alpha value is -1.10. The first-order chi connectivity index (χ1) is 7.13. The van der Waals surface area contributed by atoms with Gasteiger partial charge in [0.05, 0.1) is 4.47 Å². The van der Waals surface area contributed by atoms with E-state index in [1.54, 1.807) is 18.2 Å². The first-order valence-electron chi connectivity index (χ1n) is 4.32. The highest BCUT2D eigenvalue weighted by Gasteiger charge is 2.04. The van der Waals surface area contributed by atoms with Crippen LogP contribution in [0.5, 0.6) is 5.75 Å². The lowest BCUT2D eigenvalue weighted by atomic mass is 10.1. The van der Waals surface area contributed by atoms with E-state index in [0.29, 0.717) is 16.6 Å². The summed E-state index contributed by atoms with van der Waals surface area (Å²) in [6.45, 7) is -0.882. The molecule has 0 fully saturated rings. The number of rotatable bonds is 5. The SMILES string of the molecule is O=C(O)CCc1ccc(OCF)c(Br)c1. The summed E-state index contributed by atoms with van der Waals surface area (Å²) in [6, 6.07) is 5.06. The Morgan fingerprint density at radius 2 is 2.27 bits per heavy atom. The standard InChI is InChI=1S/C10H10BrFO3/c11-8-5-7(2-4-10(13)14)1-3-9(8)15-6-12/h1,3,5H,2,4,6H2,(H,13,14). The molecule has 0 heterocycles. The molecule has 0 unspecified atom stereocenters. The number of ether oxygens (including phenoxy) is 1. The summed E-state index contributed by atoms with van der Waals surface area (Å²) in [5.41, 5.74) is 0.871. The van der Waals surface area contributed by atoms with Gasteiger partial charge in [-0.15, -0.1) is 0 Å². The number of carboxylic acids is 1. The van der Waals surface area contributed by atoms with Gasteiger partial charge in [0.15, 0.2) is 0 Å². The third-order valence-electron chi connectivity index (χ3n) is 1.83. The number of hydrogen-bond acceptors (Lipinski definition) is 2. The van der Waals surface area contributed by atoms with Crippen LogP contribution < -0.4 is 4.74 Å². The summed E-state index contributed by atoms with van der Waals surface area (Å²) in [4.78, 5) is 10.3. The Balaban J connectivity index is 2.68. The first-order valence-corrected chi connectivity index (χ1v) is 5.11. The van der Waals surface area contributed by atoms with E-state index in [2.05, 4.69) is 20.7 Å². The maximum atomic E-state index is 11.9. The summed E-state index contributed by atoms with van der Waals surface area (Å²) in [7, 11) is 0. The number of carbonyl (C=O) groups is 1. The van der Waals surface area contributed by atoms with E-state index < -0.39 is 12.8 Å². The molecule has 82 valence electrons. The van der Waals surface area contributed by atoms with Crippen LogP contribution in [0, 0.1) is 0 Å². The van der Waals surface area contributed by atoms with Gasteiger partial charge in [0.25, 0.3) is 0 Å². The maximum Gasteiger partial charge on any atom is 0.303 e. The van der Waals surface area contributed by atoms with E-state index in [4.69, 9.17) is 5.11 Å². The van der Waals surface area contributed by atoms with Gasteiger partial charge in [0.1, 0.15) is 5.75 Å². The highest BCUT2D eigenvalue weighted by atomic mass is 79.9. The third kappa shape index (κ3) is 3.87. The largest absolute Gasteiger partial charge is 0.481 e. The predicted octanol–water partition coefficient (Wildman–Crippen LogP) is 2.77. The van der Waals surface area contributed by atoms with Crippen LogP contribution in [0.2, 0.25) is 0 Å². The number of alkyl halides is 1. The summed E-state index contributed by atoms with van der Waals surface area (Å²) in [6.07, 6.45) is 0.527. The van der Waals surface area contributed by atoms with Crippen molar-refractivity contribution in [3.8, 4) is 5.75 Å². The maximum absolute atomic E-state index is 11.9. The molecule has 0 spiro atoms. The minimum Gasteiger partial charge on any atom is -0.481 e. The van der Waals surface area contributed by atoms with Crippen LogP contribution in [-0.4, -0.2) is 17.9 Å². The van der Waals surface area contributed by atoms with Crippen molar-refractivity contribution in [1.82, 2.24) is 0 Å². The van der Waals surface area contributed by atoms with Gasteiger partial charge in [-0.3, -0.25) is 4.79 Å². The quantitative estimate of drug-likeness (QED) is 0.900. The number of aryl methyl sites for hydroxylation is 1. The molecule has 15 heavy (non-hydrogen) atoms. The fourth-order valence-corrected chi connectivity index (χ4v) is 1.67. The molecular formula is C10H10BrFO3. The molecule has 1 aromatic carbocycles. The lowest BCUT2D eigenvalue weighted by Gasteiger charge is -2.06. The van der Waals surface area contributed by atoms with Gasteiger partial charge in [0, 0.05) is 6.42 Å². The van der Waals surface area contributed by atoms with E-state index in [-0.39, 0.29) is 6.42 Å². The molecule has 1 aromatic rings. The topological polar surface area (TPSA) is 46.5 Å². The Bertz CT molecular complexity index is 355. The Morgan fingerprint density at radius 3 is 2.80 bits per heavy atom. The minimum absolute atomic E-state index is 0.0791. The number of aliphatic carboxylic acids is 1. The van der Waals surface area contributed by atoms with Crippen molar-refractivity contribution in [2.75, 3.05) is 6.86 Å². The van der Waals surface area contributed by atoms with Gasteiger partial charge >= 0.3 is 5.97 Å². The van der Waals surface area contributed by atoms with E-state index in [0.717, 1.165) is 5.56 Å². The van der Waals surface area contributed by atoms with Crippen molar-refractivity contribution < 1.29 is 19.0 Å². The van der Waals surface area contributed by atoms with Crippen LogP contribution in [0.25, 0.3) is 0 Å². The van der Waals surface area contributed by atoms with Gasteiger partial charge in [-0.1, -0.05) is 6.07 Å². The van der Waals surface area contributed by atoms with Crippen LogP contribution in [0.3, 0.4) is 0 Å². The second-order valence-corrected chi connectivity index (χ2v) is 3.77. The van der Waals surface area contributed by atoms with E-state index >= 15 is 0 Å². The molecule has 0 bridgehead atoms. The molecular weight excluding hydrogens is 267 g/mol. The normalized spacial score (nSPS) is 10.0. The molecule has 0 amide bonds. The zero-order valence-corrected chi connectivity index (χ0v) is 9.46. The Morgan fingerprint density at radius 1 is 1.53 bits per heavy atom. The Kier molecular flexibility index (Phi) is 4.55. The molecule has 0 aromatic heterocycles. The van der Waals surface area contributed by atoms with E-state index in [1.165, 1.54) is 0 Å². The molecule has 0 aliphatic rings. The van der Waals surface area contributed by atoms with Crippen molar-refractivity contribution in [2.24, 2.45) is 0 Å². The number of halogens is 2. The van der Waals surface area contributed by atoms with E-state index in [1.807, 2.05) is 0 Å². The van der Waals surface area contributed by atoms with Gasteiger partial charge in [-0.25, -0.2) is 4.39 Å². The molecule has 0 radical (unpaired) electrons. The van der Waals surface area contributed by atoms with E-state index in [9.17, 15) is 9.18 Å². The molecule has 0 saturated heterocycles. The van der Waals surface area contributed by atoms with Crippen LogP contribution in [0.15, 0.2) is 22.7 Å². The highest BCUT2D eigenvalue weighted by Crippen LogP contribution is 2.26. The molecule has 0 atom stereocenters. The number of carboxylic acid groups (broad SMARTS) is 1. The molecule has 3 nitrogen and oxygen atoms in total. The summed E-state index contributed by atoms with van der Waals surface area (Å²) < 4.78 is 17.2. The first kappa shape index (κ1) is 12.0. The van der Waals surface area contributed by atoms with Gasteiger partial charge < -0.3 is 9.84 Å². The zero-order chi connectivity index (χ0) is 11.3. The molecule has 5 heteroatoms. The molecule has 0 aliphatic carbocycles. The average molecular weight is 277 g/mol. The fourth-order valence-electron chi connectivity index (χ4n) is 1.13. The Labute approximate surface area is 95.0 Å². The van der Waals surface area contributed by atoms with Gasteiger partial charge in [-0.05, 0) is 40.0 Å². The average Bonchev–Trinajstić information content (AvgIpc) is 2.19.